The van der Waals surface area contributed by atoms with Gasteiger partial charge in [-0.05, 0) is 17.7 Å². The summed E-state index contributed by atoms with van der Waals surface area (Å²) in [5.41, 5.74) is 0.524. The second-order valence-corrected chi connectivity index (χ2v) is 3.67. The highest BCUT2D eigenvalue weighted by atomic mass is 19.4. The van der Waals surface area contributed by atoms with Gasteiger partial charge in [-0.3, -0.25) is 0 Å². The minimum Gasteiger partial charge on any atom is -0.248 e. The molecule has 17 heavy (non-hydrogen) atoms. The highest BCUT2D eigenvalue weighted by Gasteiger charge is 2.32. The Morgan fingerprint density at radius 3 is 2.24 bits per heavy atom. The third-order valence-electron chi connectivity index (χ3n) is 2.33. The van der Waals surface area contributed by atoms with Gasteiger partial charge in [-0.1, -0.05) is 36.4 Å². The van der Waals surface area contributed by atoms with Crippen LogP contribution >= 0.6 is 0 Å². The molecule has 1 heterocycles. The molecule has 1 nitrogen and oxygen atoms in total. The van der Waals surface area contributed by atoms with Crippen molar-refractivity contribution < 1.29 is 13.2 Å². The average Bonchev–Trinajstić information content (AvgIpc) is 2.29. The number of rotatable bonds is 2. The average molecular weight is 237 g/mol. The Bertz CT molecular complexity index is 492. The monoisotopic (exact) mass is 237 g/mol. The zero-order valence-electron chi connectivity index (χ0n) is 8.91. The molecular formula is C13H10F3N. The van der Waals surface area contributed by atoms with Crippen LogP contribution in [-0.4, -0.2) is 4.98 Å². The molecule has 0 amide bonds. The van der Waals surface area contributed by atoms with Crippen LogP contribution < -0.4 is 0 Å². The van der Waals surface area contributed by atoms with Gasteiger partial charge in [-0.2, -0.15) is 13.2 Å². The van der Waals surface area contributed by atoms with E-state index in [1.165, 1.54) is 6.07 Å². The molecule has 0 saturated carbocycles. The molecule has 0 fully saturated rings. The number of halogens is 3. The first-order valence-corrected chi connectivity index (χ1v) is 5.13. The lowest BCUT2D eigenvalue weighted by molar-refractivity contribution is -0.141. The van der Waals surface area contributed by atoms with Gasteiger partial charge in [0.05, 0.1) is 0 Å². The van der Waals surface area contributed by atoms with Gasteiger partial charge in [0, 0.05) is 12.1 Å². The second-order valence-electron chi connectivity index (χ2n) is 3.67. The van der Waals surface area contributed by atoms with Crippen molar-refractivity contribution in [3.05, 3.63) is 65.5 Å². The fourth-order valence-corrected chi connectivity index (χ4v) is 1.54. The molecule has 1 aromatic heterocycles. The van der Waals surface area contributed by atoms with Gasteiger partial charge in [0.2, 0.25) is 0 Å². The first-order chi connectivity index (χ1) is 8.05. The molecule has 0 atom stereocenters. The second kappa shape index (κ2) is 4.57. The van der Waals surface area contributed by atoms with Gasteiger partial charge in [-0.25, -0.2) is 4.98 Å². The topological polar surface area (TPSA) is 12.9 Å². The van der Waals surface area contributed by atoms with E-state index in [9.17, 15) is 13.2 Å². The van der Waals surface area contributed by atoms with Crippen LogP contribution in [0.1, 0.15) is 17.0 Å². The van der Waals surface area contributed by atoms with Crippen molar-refractivity contribution in [2.75, 3.05) is 0 Å². The van der Waals surface area contributed by atoms with Crippen LogP contribution in [0.15, 0.2) is 48.5 Å². The molecule has 4 heteroatoms. The summed E-state index contributed by atoms with van der Waals surface area (Å²) in [6, 6.07) is 13.3. The molecule has 2 rings (SSSR count). The first kappa shape index (κ1) is 11.6. The SMILES string of the molecule is FC(F)(F)c1cccc(Cc2ccccc2)n1. The molecule has 0 aliphatic heterocycles. The quantitative estimate of drug-likeness (QED) is 0.776. The number of aromatic nitrogens is 1. The van der Waals surface area contributed by atoms with Gasteiger partial charge in [0.25, 0.3) is 0 Å². The lowest BCUT2D eigenvalue weighted by Crippen LogP contribution is -2.09. The smallest absolute Gasteiger partial charge is 0.248 e. The summed E-state index contributed by atoms with van der Waals surface area (Å²) in [6.45, 7) is 0. The third kappa shape index (κ3) is 3.06. The van der Waals surface area contributed by atoms with E-state index < -0.39 is 11.9 Å². The van der Waals surface area contributed by atoms with Gasteiger partial charge in [-0.15, -0.1) is 0 Å². The van der Waals surface area contributed by atoms with Crippen LogP contribution in [0.5, 0.6) is 0 Å². The van der Waals surface area contributed by atoms with Crippen molar-refractivity contribution in [3.8, 4) is 0 Å². The summed E-state index contributed by atoms with van der Waals surface area (Å²) in [6.07, 6.45) is -3.97. The molecule has 0 bridgehead atoms. The van der Waals surface area contributed by atoms with Crippen LogP contribution in [0, 0.1) is 0 Å². The number of alkyl halides is 3. The minimum absolute atomic E-state index is 0.407. The summed E-state index contributed by atoms with van der Waals surface area (Å²) in [7, 11) is 0. The Hall–Kier alpha value is -1.84. The van der Waals surface area contributed by atoms with E-state index in [1.54, 1.807) is 6.07 Å². The zero-order chi connectivity index (χ0) is 12.3. The fourth-order valence-electron chi connectivity index (χ4n) is 1.54. The molecule has 0 unspecified atom stereocenters. The zero-order valence-corrected chi connectivity index (χ0v) is 8.91. The van der Waals surface area contributed by atoms with E-state index in [2.05, 4.69) is 4.98 Å². The molecule has 88 valence electrons. The van der Waals surface area contributed by atoms with Gasteiger partial charge >= 0.3 is 6.18 Å². The molecule has 1 aromatic carbocycles. The van der Waals surface area contributed by atoms with Crippen molar-refractivity contribution in [2.45, 2.75) is 12.6 Å². The van der Waals surface area contributed by atoms with E-state index in [4.69, 9.17) is 0 Å². The molecule has 0 spiro atoms. The Morgan fingerprint density at radius 2 is 1.59 bits per heavy atom. The van der Waals surface area contributed by atoms with E-state index in [0.717, 1.165) is 11.6 Å². The number of pyridine rings is 1. The van der Waals surface area contributed by atoms with Crippen LogP contribution in [0.3, 0.4) is 0 Å². The fraction of sp³-hybridized carbons (Fsp3) is 0.154. The van der Waals surface area contributed by atoms with Crippen molar-refractivity contribution in [2.24, 2.45) is 0 Å². The van der Waals surface area contributed by atoms with Crippen LogP contribution in [-0.2, 0) is 12.6 Å². The maximum absolute atomic E-state index is 12.4. The summed E-state index contributed by atoms with van der Waals surface area (Å²) in [4.78, 5) is 3.61. The Balaban J connectivity index is 2.23. The minimum atomic E-state index is -4.38. The first-order valence-electron chi connectivity index (χ1n) is 5.13. The van der Waals surface area contributed by atoms with Crippen molar-refractivity contribution >= 4 is 0 Å². The predicted molar refractivity (Wildman–Crippen MR) is 58.5 cm³/mol. The molecule has 2 aromatic rings. The third-order valence-corrected chi connectivity index (χ3v) is 2.33. The van der Waals surface area contributed by atoms with Gasteiger partial charge < -0.3 is 0 Å². The Labute approximate surface area is 96.9 Å². The van der Waals surface area contributed by atoms with Crippen molar-refractivity contribution in [1.82, 2.24) is 4.98 Å². The molecule has 0 aliphatic rings. The summed E-state index contributed by atoms with van der Waals surface area (Å²) in [5, 5.41) is 0. The largest absolute Gasteiger partial charge is 0.433 e. The van der Waals surface area contributed by atoms with Gasteiger partial charge in [0.1, 0.15) is 5.69 Å². The maximum Gasteiger partial charge on any atom is 0.433 e. The normalized spacial score (nSPS) is 11.5. The molecule has 0 aliphatic carbocycles. The summed E-state index contributed by atoms with van der Waals surface area (Å²) < 4.78 is 37.3. The number of hydrogen-bond acceptors (Lipinski definition) is 1. The number of hydrogen-bond donors (Lipinski definition) is 0. The molecule has 0 saturated heterocycles. The highest BCUT2D eigenvalue weighted by molar-refractivity contribution is 5.23. The molecular weight excluding hydrogens is 227 g/mol. The van der Waals surface area contributed by atoms with Crippen LogP contribution in [0.25, 0.3) is 0 Å². The molecule has 0 N–H and O–H groups in total. The lowest BCUT2D eigenvalue weighted by Gasteiger charge is -2.07. The van der Waals surface area contributed by atoms with E-state index in [1.807, 2.05) is 30.3 Å². The lowest BCUT2D eigenvalue weighted by atomic mass is 10.1. The highest BCUT2D eigenvalue weighted by Crippen LogP contribution is 2.27. The number of benzene rings is 1. The van der Waals surface area contributed by atoms with Crippen LogP contribution in [0.2, 0.25) is 0 Å². The Kier molecular flexibility index (Phi) is 3.13. The van der Waals surface area contributed by atoms with Crippen LogP contribution in [0.4, 0.5) is 13.2 Å². The summed E-state index contributed by atoms with van der Waals surface area (Å²) >= 11 is 0. The van der Waals surface area contributed by atoms with E-state index in [-0.39, 0.29) is 0 Å². The van der Waals surface area contributed by atoms with Crippen molar-refractivity contribution in [1.29, 1.82) is 0 Å². The number of nitrogens with zero attached hydrogens (tertiary/aromatic N) is 1. The van der Waals surface area contributed by atoms with E-state index >= 15 is 0 Å². The van der Waals surface area contributed by atoms with Gasteiger partial charge in [0.15, 0.2) is 0 Å². The van der Waals surface area contributed by atoms with E-state index in [0.29, 0.717) is 12.1 Å². The maximum atomic E-state index is 12.4. The van der Waals surface area contributed by atoms with Crippen molar-refractivity contribution in [3.63, 3.8) is 0 Å². The molecule has 0 radical (unpaired) electrons. The standard InChI is InChI=1S/C13H10F3N/c14-13(15,16)12-8-4-7-11(17-12)9-10-5-2-1-3-6-10/h1-8H,9H2. The predicted octanol–water partition coefficient (Wildman–Crippen LogP) is 3.69. The summed E-state index contributed by atoms with van der Waals surface area (Å²) in [5.74, 6) is 0. The Morgan fingerprint density at radius 1 is 0.882 bits per heavy atom.